The zero-order chi connectivity index (χ0) is 19.4. The summed E-state index contributed by atoms with van der Waals surface area (Å²) >= 11 is 1.06. The Hall–Kier alpha value is -2.84. The number of hydrogen-bond acceptors (Lipinski definition) is 5. The Kier molecular flexibility index (Phi) is 5.78. The van der Waals surface area contributed by atoms with E-state index in [1.807, 2.05) is 0 Å². The maximum Gasteiger partial charge on any atom is 0.349 e. The summed E-state index contributed by atoms with van der Waals surface area (Å²) in [5.74, 6) is -2.52. The van der Waals surface area contributed by atoms with Crippen LogP contribution in [0.5, 0.6) is 0 Å². The van der Waals surface area contributed by atoms with Gasteiger partial charge in [-0.15, -0.1) is 11.3 Å². The van der Waals surface area contributed by atoms with Crippen molar-refractivity contribution in [3.8, 4) is 0 Å². The number of thiophene rings is 1. The van der Waals surface area contributed by atoms with Crippen LogP contribution >= 0.6 is 11.3 Å². The van der Waals surface area contributed by atoms with Gasteiger partial charge in [-0.25, -0.2) is 13.6 Å². The first kappa shape index (κ1) is 18.9. The molecule has 0 unspecified atom stereocenters. The molecule has 3 rings (SSSR count). The first-order valence-electron chi connectivity index (χ1n) is 7.91. The van der Waals surface area contributed by atoms with E-state index in [1.165, 1.54) is 31.4 Å². The summed E-state index contributed by atoms with van der Waals surface area (Å²) in [6.45, 7) is -0.580. The molecule has 27 heavy (non-hydrogen) atoms. The number of carbonyl (C=O) groups is 2. The van der Waals surface area contributed by atoms with E-state index in [-0.39, 0.29) is 17.2 Å². The lowest BCUT2D eigenvalue weighted by atomic mass is 10.1. The molecule has 5 nitrogen and oxygen atoms in total. The van der Waals surface area contributed by atoms with Gasteiger partial charge < -0.3 is 14.8 Å². The predicted octanol–water partition coefficient (Wildman–Crippen LogP) is 4.12. The van der Waals surface area contributed by atoms with Gasteiger partial charge in [-0.2, -0.15) is 0 Å². The number of ether oxygens (including phenoxy) is 2. The molecule has 0 aliphatic carbocycles. The molecule has 0 atom stereocenters. The second-order valence-corrected chi connectivity index (χ2v) is 6.61. The Morgan fingerprint density at radius 3 is 2.56 bits per heavy atom. The highest BCUT2D eigenvalue weighted by Gasteiger charge is 2.22. The van der Waals surface area contributed by atoms with E-state index in [0.29, 0.717) is 15.6 Å². The van der Waals surface area contributed by atoms with Crippen LogP contribution in [0.4, 0.5) is 14.5 Å². The van der Waals surface area contributed by atoms with E-state index >= 15 is 0 Å². The van der Waals surface area contributed by atoms with Gasteiger partial charge in [-0.05, 0) is 24.3 Å². The van der Waals surface area contributed by atoms with Crippen LogP contribution in [0, 0.1) is 11.6 Å². The van der Waals surface area contributed by atoms with E-state index in [4.69, 9.17) is 9.47 Å². The van der Waals surface area contributed by atoms with Crippen LogP contribution in [-0.2, 0) is 20.9 Å². The molecule has 1 aromatic heterocycles. The molecular formula is C19H15F2NO4S. The molecule has 0 aliphatic rings. The Morgan fingerprint density at radius 1 is 1.07 bits per heavy atom. The second-order valence-electron chi connectivity index (χ2n) is 5.56. The summed E-state index contributed by atoms with van der Waals surface area (Å²) in [5, 5.41) is 2.62. The van der Waals surface area contributed by atoms with Gasteiger partial charge in [0.2, 0.25) is 0 Å². The molecular weight excluding hydrogens is 376 g/mol. The van der Waals surface area contributed by atoms with Crippen molar-refractivity contribution in [3.63, 3.8) is 0 Å². The van der Waals surface area contributed by atoms with Crippen molar-refractivity contribution < 1.29 is 27.8 Å². The van der Waals surface area contributed by atoms with Crippen molar-refractivity contribution in [3.05, 3.63) is 64.5 Å². The average Bonchev–Trinajstić information content (AvgIpc) is 3.02. The SMILES string of the molecule is COCc1c(C(=O)OCC(=O)Nc2ccccc2F)sc2cccc(F)c12. The maximum atomic E-state index is 14.1. The number of rotatable bonds is 6. The van der Waals surface area contributed by atoms with Crippen LogP contribution in [-0.4, -0.2) is 25.6 Å². The topological polar surface area (TPSA) is 64.6 Å². The first-order valence-corrected chi connectivity index (χ1v) is 8.73. The van der Waals surface area contributed by atoms with Crippen LogP contribution in [0.1, 0.15) is 15.2 Å². The third kappa shape index (κ3) is 4.12. The molecule has 1 heterocycles. The summed E-state index contributed by atoms with van der Waals surface area (Å²) in [6, 6.07) is 10.2. The van der Waals surface area contributed by atoms with E-state index in [0.717, 1.165) is 11.3 Å². The highest BCUT2D eigenvalue weighted by molar-refractivity contribution is 7.21. The third-order valence-electron chi connectivity index (χ3n) is 3.72. The van der Waals surface area contributed by atoms with Gasteiger partial charge in [0.25, 0.3) is 5.91 Å². The number of anilines is 1. The Labute approximate surface area is 157 Å². The largest absolute Gasteiger partial charge is 0.451 e. The van der Waals surface area contributed by atoms with Gasteiger partial charge in [0, 0.05) is 22.8 Å². The van der Waals surface area contributed by atoms with Gasteiger partial charge >= 0.3 is 5.97 Å². The minimum absolute atomic E-state index is 0.0115. The molecule has 0 aliphatic heterocycles. The van der Waals surface area contributed by atoms with Gasteiger partial charge in [-0.3, -0.25) is 4.79 Å². The number of hydrogen-bond donors (Lipinski definition) is 1. The van der Waals surface area contributed by atoms with Crippen molar-refractivity contribution in [1.82, 2.24) is 0 Å². The van der Waals surface area contributed by atoms with Crippen LogP contribution in [0.2, 0.25) is 0 Å². The standard InChI is InChI=1S/C19H15F2NO4S/c1-25-9-11-17-13(21)6-4-8-15(17)27-18(11)19(24)26-10-16(23)22-14-7-3-2-5-12(14)20/h2-8H,9-10H2,1H3,(H,22,23). The predicted molar refractivity (Wildman–Crippen MR) is 97.8 cm³/mol. The van der Waals surface area contributed by atoms with E-state index < -0.39 is 30.1 Å². The Bertz CT molecular complexity index is 1000. The van der Waals surface area contributed by atoms with Crippen molar-refractivity contribution in [2.75, 3.05) is 19.0 Å². The van der Waals surface area contributed by atoms with Gasteiger partial charge in [0.1, 0.15) is 16.5 Å². The fraction of sp³-hybridized carbons (Fsp3) is 0.158. The lowest BCUT2D eigenvalue weighted by Gasteiger charge is -2.08. The molecule has 140 valence electrons. The number of halogens is 2. The molecule has 0 spiro atoms. The van der Waals surface area contributed by atoms with E-state index in [2.05, 4.69) is 5.32 Å². The summed E-state index contributed by atoms with van der Waals surface area (Å²) in [5.41, 5.74) is 0.359. The molecule has 0 radical (unpaired) electrons. The monoisotopic (exact) mass is 391 g/mol. The van der Waals surface area contributed by atoms with Crippen LogP contribution in [0.15, 0.2) is 42.5 Å². The molecule has 0 saturated heterocycles. The van der Waals surface area contributed by atoms with Crippen LogP contribution < -0.4 is 5.32 Å². The number of methoxy groups -OCH3 is 1. The van der Waals surface area contributed by atoms with Gasteiger partial charge in [-0.1, -0.05) is 18.2 Å². The van der Waals surface area contributed by atoms with Crippen molar-refractivity contribution in [2.24, 2.45) is 0 Å². The van der Waals surface area contributed by atoms with E-state index in [1.54, 1.807) is 18.2 Å². The molecule has 0 fully saturated rings. The zero-order valence-corrected chi connectivity index (χ0v) is 15.1. The summed E-state index contributed by atoms with van der Waals surface area (Å²) < 4.78 is 38.3. The first-order chi connectivity index (χ1) is 13.0. The summed E-state index contributed by atoms with van der Waals surface area (Å²) in [6.07, 6.45) is 0. The van der Waals surface area contributed by atoms with Crippen molar-refractivity contribution in [2.45, 2.75) is 6.61 Å². The molecule has 0 bridgehead atoms. The number of para-hydroxylation sites is 1. The molecule has 1 N–H and O–H groups in total. The molecule has 1 amide bonds. The number of nitrogens with one attached hydrogen (secondary N) is 1. The lowest BCUT2D eigenvalue weighted by molar-refractivity contribution is -0.119. The molecule has 2 aromatic carbocycles. The van der Waals surface area contributed by atoms with E-state index in [9.17, 15) is 18.4 Å². The number of benzene rings is 2. The minimum atomic E-state index is -0.772. The lowest BCUT2D eigenvalue weighted by Crippen LogP contribution is -2.21. The number of amides is 1. The van der Waals surface area contributed by atoms with Crippen LogP contribution in [0.3, 0.4) is 0 Å². The molecule has 3 aromatic rings. The van der Waals surface area contributed by atoms with Gasteiger partial charge in [0.05, 0.1) is 12.3 Å². The fourth-order valence-electron chi connectivity index (χ4n) is 2.56. The maximum absolute atomic E-state index is 14.1. The van der Waals surface area contributed by atoms with Crippen molar-refractivity contribution >= 4 is 39.0 Å². The average molecular weight is 391 g/mol. The Morgan fingerprint density at radius 2 is 1.81 bits per heavy atom. The Balaban J connectivity index is 1.74. The fourth-order valence-corrected chi connectivity index (χ4v) is 3.68. The number of fused-ring (bicyclic) bond motifs is 1. The highest BCUT2D eigenvalue weighted by atomic mass is 32.1. The summed E-state index contributed by atoms with van der Waals surface area (Å²) in [7, 11) is 1.43. The molecule has 0 saturated carbocycles. The van der Waals surface area contributed by atoms with Crippen LogP contribution in [0.25, 0.3) is 10.1 Å². The van der Waals surface area contributed by atoms with Crippen molar-refractivity contribution in [1.29, 1.82) is 0 Å². The zero-order valence-electron chi connectivity index (χ0n) is 14.3. The molecule has 8 heteroatoms. The summed E-state index contributed by atoms with van der Waals surface area (Å²) in [4.78, 5) is 24.5. The van der Waals surface area contributed by atoms with Gasteiger partial charge in [0.15, 0.2) is 6.61 Å². The smallest absolute Gasteiger partial charge is 0.349 e. The number of esters is 1. The second kappa shape index (κ2) is 8.24. The normalized spacial score (nSPS) is 10.8. The quantitative estimate of drug-likeness (QED) is 0.642. The highest BCUT2D eigenvalue weighted by Crippen LogP contribution is 2.34. The minimum Gasteiger partial charge on any atom is -0.451 e. The third-order valence-corrected chi connectivity index (χ3v) is 4.90. The number of carbonyl (C=O) groups excluding carboxylic acids is 2.